The van der Waals surface area contributed by atoms with Crippen LogP contribution in [0.25, 0.3) is 0 Å². The number of aromatic hydroxyl groups is 1. The van der Waals surface area contributed by atoms with Crippen molar-refractivity contribution in [1.29, 1.82) is 0 Å². The molecule has 1 aromatic rings. The van der Waals surface area contributed by atoms with E-state index in [1.165, 1.54) is 4.90 Å². The zero-order valence-electron chi connectivity index (χ0n) is 10.1. The minimum atomic E-state index is -0.257. The van der Waals surface area contributed by atoms with Gasteiger partial charge in [0.05, 0.1) is 5.69 Å². The first-order chi connectivity index (χ1) is 7.41. The Morgan fingerprint density at radius 3 is 2.44 bits per heavy atom. The van der Waals surface area contributed by atoms with Crippen LogP contribution in [0.4, 0.5) is 10.5 Å². The van der Waals surface area contributed by atoms with Gasteiger partial charge in [-0.15, -0.1) is 0 Å². The maximum Gasteiger partial charge on any atom is 0.321 e. The van der Waals surface area contributed by atoms with Crippen LogP contribution in [0.15, 0.2) is 18.2 Å². The average Bonchev–Trinajstić information content (AvgIpc) is 2.20. The van der Waals surface area contributed by atoms with Gasteiger partial charge in [0.15, 0.2) is 0 Å². The highest BCUT2D eigenvalue weighted by Crippen LogP contribution is 2.27. The van der Waals surface area contributed by atoms with Crippen LogP contribution in [-0.2, 0) is 0 Å². The summed E-state index contributed by atoms with van der Waals surface area (Å²) >= 11 is 0. The molecule has 0 bridgehead atoms. The fourth-order valence-corrected chi connectivity index (χ4v) is 1.24. The summed E-state index contributed by atoms with van der Waals surface area (Å²) in [5.74, 6) is 0.450. The maximum atomic E-state index is 11.4. The second-order valence-corrected chi connectivity index (χ2v) is 4.26. The number of urea groups is 1. The van der Waals surface area contributed by atoms with Crippen LogP contribution in [0, 0.1) is 0 Å². The number of anilines is 1. The van der Waals surface area contributed by atoms with Gasteiger partial charge in [0, 0.05) is 14.1 Å². The number of phenolic OH excluding ortho intramolecular Hbond substituents is 1. The minimum Gasteiger partial charge on any atom is -0.506 e. The summed E-state index contributed by atoms with van der Waals surface area (Å²) in [5.41, 5.74) is 1.48. The third kappa shape index (κ3) is 2.89. The smallest absolute Gasteiger partial charge is 0.321 e. The van der Waals surface area contributed by atoms with Gasteiger partial charge in [-0.25, -0.2) is 4.79 Å². The van der Waals surface area contributed by atoms with Crippen molar-refractivity contribution in [2.75, 3.05) is 19.4 Å². The normalized spacial score (nSPS) is 10.3. The molecule has 2 amide bonds. The number of carbonyl (C=O) groups is 1. The van der Waals surface area contributed by atoms with E-state index in [-0.39, 0.29) is 11.8 Å². The maximum absolute atomic E-state index is 11.4. The Morgan fingerprint density at radius 1 is 1.38 bits per heavy atom. The van der Waals surface area contributed by atoms with Crippen LogP contribution < -0.4 is 5.32 Å². The number of benzene rings is 1. The lowest BCUT2D eigenvalue weighted by molar-refractivity contribution is 0.230. The molecular weight excluding hydrogens is 204 g/mol. The second-order valence-electron chi connectivity index (χ2n) is 4.26. The topological polar surface area (TPSA) is 52.6 Å². The van der Waals surface area contributed by atoms with Gasteiger partial charge in [0.1, 0.15) is 5.75 Å². The predicted molar refractivity (Wildman–Crippen MR) is 64.9 cm³/mol. The van der Waals surface area contributed by atoms with Gasteiger partial charge in [-0.1, -0.05) is 19.9 Å². The molecule has 4 nitrogen and oxygen atoms in total. The van der Waals surface area contributed by atoms with Crippen molar-refractivity contribution in [3.05, 3.63) is 23.8 Å². The largest absolute Gasteiger partial charge is 0.506 e. The Balaban J connectivity index is 2.87. The highest BCUT2D eigenvalue weighted by molar-refractivity contribution is 5.90. The molecule has 0 unspecified atom stereocenters. The molecule has 1 aromatic carbocycles. The van der Waals surface area contributed by atoms with Gasteiger partial charge in [-0.05, 0) is 23.6 Å². The summed E-state index contributed by atoms with van der Waals surface area (Å²) in [6.07, 6.45) is 0. The van der Waals surface area contributed by atoms with Crippen LogP contribution >= 0.6 is 0 Å². The van der Waals surface area contributed by atoms with Crippen molar-refractivity contribution in [2.45, 2.75) is 19.8 Å². The summed E-state index contributed by atoms with van der Waals surface area (Å²) in [6, 6.07) is 5.03. The van der Waals surface area contributed by atoms with Crippen molar-refractivity contribution in [1.82, 2.24) is 4.90 Å². The molecule has 0 atom stereocenters. The molecule has 0 saturated carbocycles. The second kappa shape index (κ2) is 4.88. The van der Waals surface area contributed by atoms with Gasteiger partial charge in [0.25, 0.3) is 0 Å². The Kier molecular flexibility index (Phi) is 3.77. The Hall–Kier alpha value is -1.71. The standard InChI is InChI=1S/C12H18N2O2/c1-8(2)9-5-6-10(11(15)7-9)13-12(16)14(3)4/h5-8,15H,1-4H3,(H,13,16). The van der Waals surface area contributed by atoms with E-state index in [0.717, 1.165) is 5.56 Å². The Bertz CT molecular complexity index is 387. The fraction of sp³-hybridized carbons (Fsp3) is 0.417. The molecular formula is C12H18N2O2. The van der Waals surface area contributed by atoms with E-state index < -0.39 is 0 Å². The number of nitrogens with zero attached hydrogens (tertiary/aromatic N) is 1. The predicted octanol–water partition coefficient (Wildman–Crippen LogP) is 2.61. The van der Waals surface area contributed by atoms with Gasteiger partial charge in [-0.3, -0.25) is 0 Å². The molecule has 16 heavy (non-hydrogen) atoms. The van der Waals surface area contributed by atoms with Crippen LogP contribution in [0.5, 0.6) is 5.75 Å². The van der Waals surface area contributed by atoms with E-state index in [0.29, 0.717) is 11.6 Å². The number of amides is 2. The number of hydrogen-bond acceptors (Lipinski definition) is 2. The summed E-state index contributed by atoms with van der Waals surface area (Å²) in [5, 5.41) is 12.4. The monoisotopic (exact) mass is 222 g/mol. The summed E-state index contributed by atoms with van der Waals surface area (Å²) < 4.78 is 0. The van der Waals surface area contributed by atoms with E-state index in [1.54, 1.807) is 26.2 Å². The number of carbonyl (C=O) groups excluding carboxylic acids is 1. The number of rotatable bonds is 2. The minimum absolute atomic E-state index is 0.0985. The molecule has 0 fully saturated rings. The molecule has 2 N–H and O–H groups in total. The van der Waals surface area contributed by atoms with Crippen molar-refractivity contribution in [3.8, 4) is 5.75 Å². The van der Waals surface area contributed by atoms with Crippen LogP contribution in [0.3, 0.4) is 0 Å². The molecule has 0 aliphatic carbocycles. The highest BCUT2D eigenvalue weighted by Gasteiger charge is 2.09. The zero-order valence-corrected chi connectivity index (χ0v) is 10.1. The first kappa shape index (κ1) is 12.4. The van der Waals surface area contributed by atoms with E-state index >= 15 is 0 Å². The summed E-state index contributed by atoms with van der Waals surface area (Å²) in [6.45, 7) is 4.10. The van der Waals surface area contributed by atoms with Gasteiger partial charge in [0.2, 0.25) is 0 Å². The summed E-state index contributed by atoms with van der Waals surface area (Å²) in [7, 11) is 3.30. The number of hydrogen-bond donors (Lipinski definition) is 2. The van der Waals surface area contributed by atoms with E-state index in [2.05, 4.69) is 5.32 Å². The number of nitrogens with one attached hydrogen (secondary N) is 1. The van der Waals surface area contributed by atoms with Crippen molar-refractivity contribution < 1.29 is 9.90 Å². The molecule has 0 spiro atoms. The first-order valence-corrected chi connectivity index (χ1v) is 5.23. The van der Waals surface area contributed by atoms with Gasteiger partial charge in [-0.2, -0.15) is 0 Å². The van der Waals surface area contributed by atoms with Crippen molar-refractivity contribution >= 4 is 11.7 Å². The fourth-order valence-electron chi connectivity index (χ4n) is 1.24. The van der Waals surface area contributed by atoms with E-state index in [4.69, 9.17) is 0 Å². The third-order valence-corrected chi connectivity index (χ3v) is 2.34. The third-order valence-electron chi connectivity index (χ3n) is 2.34. The molecule has 0 aromatic heterocycles. The Morgan fingerprint density at radius 2 is 2.00 bits per heavy atom. The molecule has 1 rings (SSSR count). The first-order valence-electron chi connectivity index (χ1n) is 5.23. The lowest BCUT2D eigenvalue weighted by Gasteiger charge is -2.14. The molecule has 4 heteroatoms. The van der Waals surface area contributed by atoms with E-state index in [1.807, 2.05) is 19.9 Å². The summed E-state index contributed by atoms with van der Waals surface area (Å²) in [4.78, 5) is 12.8. The molecule has 0 aliphatic heterocycles. The zero-order chi connectivity index (χ0) is 12.3. The SMILES string of the molecule is CC(C)c1ccc(NC(=O)N(C)C)c(O)c1. The lowest BCUT2D eigenvalue weighted by Crippen LogP contribution is -2.27. The van der Waals surface area contributed by atoms with E-state index in [9.17, 15) is 9.90 Å². The van der Waals surface area contributed by atoms with Crippen LogP contribution in [0.2, 0.25) is 0 Å². The molecule has 88 valence electrons. The average molecular weight is 222 g/mol. The van der Waals surface area contributed by atoms with Crippen LogP contribution in [0.1, 0.15) is 25.3 Å². The quantitative estimate of drug-likeness (QED) is 0.756. The van der Waals surface area contributed by atoms with Crippen LogP contribution in [-0.4, -0.2) is 30.1 Å². The van der Waals surface area contributed by atoms with Gasteiger partial charge < -0.3 is 15.3 Å². The highest BCUT2D eigenvalue weighted by atomic mass is 16.3. The lowest BCUT2D eigenvalue weighted by atomic mass is 10.0. The molecule has 0 radical (unpaired) electrons. The van der Waals surface area contributed by atoms with Gasteiger partial charge >= 0.3 is 6.03 Å². The van der Waals surface area contributed by atoms with Crippen molar-refractivity contribution in [3.63, 3.8) is 0 Å². The molecule has 0 aliphatic rings. The number of phenols is 1. The molecule has 0 heterocycles. The van der Waals surface area contributed by atoms with Crippen molar-refractivity contribution in [2.24, 2.45) is 0 Å². The Labute approximate surface area is 95.9 Å². The molecule has 0 saturated heterocycles.